The van der Waals surface area contributed by atoms with Gasteiger partial charge < -0.3 is 19.5 Å². The van der Waals surface area contributed by atoms with E-state index in [0.29, 0.717) is 30.2 Å². The van der Waals surface area contributed by atoms with Gasteiger partial charge in [0.25, 0.3) is 0 Å². The number of hydrogen-bond donors (Lipinski definition) is 1. The molecule has 2 aromatic carbocycles. The molecule has 0 spiro atoms. The molecular weight excluding hydrogens is 410 g/mol. The van der Waals surface area contributed by atoms with Crippen molar-refractivity contribution in [3.05, 3.63) is 52.0 Å². The third kappa shape index (κ3) is 4.95. The minimum absolute atomic E-state index is 0.0351. The Kier molecular flexibility index (Phi) is 7.13. The van der Waals surface area contributed by atoms with Gasteiger partial charge in [0.1, 0.15) is 17.2 Å². The van der Waals surface area contributed by atoms with Gasteiger partial charge in [-0.25, -0.2) is 0 Å². The van der Waals surface area contributed by atoms with Crippen LogP contribution in [0.4, 0.5) is 0 Å². The van der Waals surface area contributed by atoms with Crippen molar-refractivity contribution >= 4 is 21.8 Å². The van der Waals surface area contributed by atoms with Gasteiger partial charge >= 0.3 is 0 Å². The summed E-state index contributed by atoms with van der Waals surface area (Å²) in [5, 5.41) is 3.02. The molecule has 1 amide bonds. The lowest BCUT2D eigenvalue weighted by molar-refractivity contribution is -0.125. The van der Waals surface area contributed by atoms with Crippen LogP contribution in [0.25, 0.3) is 0 Å². The molecule has 0 saturated heterocycles. The van der Waals surface area contributed by atoms with Crippen molar-refractivity contribution in [3.63, 3.8) is 0 Å². The fourth-order valence-corrected chi connectivity index (χ4v) is 3.25. The number of carbonyl (C=O) groups is 1. The van der Waals surface area contributed by atoms with Gasteiger partial charge in [0.05, 0.1) is 26.7 Å². The van der Waals surface area contributed by atoms with Gasteiger partial charge in [0, 0.05) is 28.7 Å². The van der Waals surface area contributed by atoms with Crippen molar-refractivity contribution < 1.29 is 19.0 Å². The van der Waals surface area contributed by atoms with Crippen LogP contribution in [0.1, 0.15) is 25.0 Å². The molecule has 6 heteroatoms. The van der Waals surface area contributed by atoms with E-state index < -0.39 is 5.41 Å². The Balaban J connectivity index is 2.10. The Bertz CT molecular complexity index is 780. The van der Waals surface area contributed by atoms with Crippen LogP contribution in [0, 0.1) is 0 Å². The first-order chi connectivity index (χ1) is 12.8. The van der Waals surface area contributed by atoms with Gasteiger partial charge in [0.15, 0.2) is 0 Å². The largest absolute Gasteiger partial charge is 0.496 e. The Morgan fingerprint density at radius 2 is 1.67 bits per heavy atom. The molecule has 0 aromatic heterocycles. The summed E-state index contributed by atoms with van der Waals surface area (Å²) in [5.74, 6) is 1.97. The van der Waals surface area contributed by atoms with E-state index in [1.807, 2.05) is 50.2 Å². The average Bonchev–Trinajstić information content (AvgIpc) is 2.67. The van der Waals surface area contributed by atoms with Gasteiger partial charge in [-0.2, -0.15) is 0 Å². The highest BCUT2D eigenvalue weighted by Gasteiger charge is 2.29. The lowest BCUT2D eigenvalue weighted by atomic mass is 9.83. The van der Waals surface area contributed by atoms with Crippen molar-refractivity contribution in [1.29, 1.82) is 0 Å². The second-order valence-corrected chi connectivity index (χ2v) is 7.57. The molecule has 2 rings (SSSR count). The van der Waals surface area contributed by atoms with Crippen molar-refractivity contribution in [3.8, 4) is 17.2 Å². The maximum atomic E-state index is 12.8. The predicted octanol–water partition coefficient (Wildman–Crippen LogP) is 4.11. The molecule has 0 saturated carbocycles. The number of ether oxygens (including phenoxy) is 3. The molecule has 0 radical (unpaired) electrons. The van der Waals surface area contributed by atoms with E-state index in [-0.39, 0.29) is 5.91 Å². The Hall–Kier alpha value is -2.21. The molecule has 0 atom stereocenters. The highest BCUT2D eigenvalue weighted by atomic mass is 79.9. The number of carbonyl (C=O) groups excluding carboxylic acids is 1. The van der Waals surface area contributed by atoms with Gasteiger partial charge in [-0.3, -0.25) is 4.79 Å². The Morgan fingerprint density at radius 1 is 1.04 bits per heavy atom. The first-order valence-corrected chi connectivity index (χ1v) is 9.46. The van der Waals surface area contributed by atoms with E-state index in [0.717, 1.165) is 15.6 Å². The van der Waals surface area contributed by atoms with Crippen LogP contribution in [0.15, 0.2) is 40.9 Å². The fourth-order valence-electron chi connectivity index (χ4n) is 2.85. The molecule has 0 aliphatic carbocycles. The lowest BCUT2D eigenvalue weighted by Crippen LogP contribution is -2.41. The first-order valence-electron chi connectivity index (χ1n) is 8.66. The molecule has 0 bridgehead atoms. The molecule has 0 aliphatic rings. The van der Waals surface area contributed by atoms with E-state index >= 15 is 0 Å². The van der Waals surface area contributed by atoms with Crippen LogP contribution in [0.3, 0.4) is 0 Å². The molecule has 0 unspecified atom stereocenters. The number of methoxy groups -OCH3 is 3. The maximum absolute atomic E-state index is 12.8. The third-order valence-corrected chi connectivity index (χ3v) is 5.08. The topological polar surface area (TPSA) is 56.8 Å². The standard InChI is InChI=1S/C21H26BrNO4/c1-21(2,14-7-6-8-15(22)11-14)20(24)23-10-9-17-18(26-4)12-16(25-3)13-19(17)27-5/h6-8,11-13H,9-10H2,1-5H3,(H,23,24). The summed E-state index contributed by atoms with van der Waals surface area (Å²) >= 11 is 3.46. The van der Waals surface area contributed by atoms with Crippen molar-refractivity contribution in [2.24, 2.45) is 0 Å². The zero-order chi connectivity index (χ0) is 20.0. The minimum atomic E-state index is -0.641. The van der Waals surface area contributed by atoms with E-state index in [9.17, 15) is 4.79 Å². The zero-order valence-electron chi connectivity index (χ0n) is 16.4. The smallest absolute Gasteiger partial charge is 0.230 e. The molecule has 0 heterocycles. The molecule has 0 fully saturated rings. The molecule has 27 heavy (non-hydrogen) atoms. The second-order valence-electron chi connectivity index (χ2n) is 6.65. The average molecular weight is 436 g/mol. The van der Waals surface area contributed by atoms with Crippen LogP contribution in [0.2, 0.25) is 0 Å². The fraction of sp³-hybridized carbons (Fsp3) is 0.381. The molecule has 5 nitrogen and oxygen atoms in total. The summed E-state index contributed by atoms with van der Waals surface area (Å²) in [6.07, 6.45) is 0.580. The van der Waals surface area contributed by atoms with E-state index in [4.69, 9.17) is 14.2 Å². The predicted molar refractivity (Wildman–Crippen MR) is 110 cm³/mol. The lowest BCUT2D eigenvalue weighted by Gasteiger charge is -2.24. The van der Waals surface area contributed by atoms with Crippen LogP contribution in [-0.2, 0) is 16.6 Å². The number of amides is 1. The summed E-state index contributed by atoms with van der Waals surface area (Å²) in [7, 11) is 4.80. The quantitative estimate of drug-likeness (QED) is 0.677. The van der Waals surface area contributed by atoms with Gasteiger partial charge in [-0.1, -0.05) is 28.1 Å². The van der Waals surface area contributed by atoms with Crippen LogP contribution in [0.5, 0.6) is 17.2 Å². The SMILES string of the molecule is COc1cc(OC)c(CCNC(=O)C(C)(C)c2cccc(Br)c2)c(OC)c1. The Morgan fingerprint density at radius 3 is 2.19 bits per heavy atom. The minimum Gasteiger partial charge on any atom is -0.496 e. The normalized spacial score (nSPS) is 11.0. The van der Waals surface area contributed by atoms with Crippen molar-refractivity contribution in [2.75, 3.05) is 27.9 Å². The summed E-state index contributed by atoms with van der Waals surface area (Å²) in [5.41, 5.74) is 1.20. The van der Waals surface area contributed by atoms with E-state index in [1.54, 1.807) is 21.3 Å². The monoisotopic (exact) mass is 435 g/mol. The highest BCUT2D eigenvalue weighted by Crippen LogP contribution is 2.34. The summed E-state index contributed by atoms with van der Waals surface area (Å²) < 4.78 is 17.1. The molecule has 0 aliphatic heterocycles. The molecule has 2 aromatic rings. The Labute approximate surface area is 169 Å². The number of hydrogen-bond acceptors (Lipinski definition) is 4. The number of halogens is 1. The van der Waals surface area contributed by atoms with Gasteiger partial charge in [-0.15, -0.1) is 0 Å². The van der Waals surface area contributed by atoms with Gasteiger partial charge in [-0.05, 0) is 38.0 Å². The first kappa shape index (κ1) is 21.1. The van der Waals surface area contributed by atoms with Crippen molar-refractivity contribution in [1.82, 2.24) is 5.32 Å². The van der Waals surface area contributed by atoms with Gasteiger partial charge in [0.2, 0.25) is 5.91 Å². The molecule has 1 N–H and O–H groups in total. The number of nitrogens with one attached hydrogen (secondary N) is 1. The summed E-state index contributed by atoms with van der Waals surface area (Å²) in [4.78, 5) is 12.8. The molecular formula is C21H26BrNO4. The second kappa shape index (κ2) is 9.13. The number of benzene rings is 2. The summed E-state index contributed by atoms with van der Waals surface area (Å²) in [6.45, 7) is 4.30. The zero-order valence-corrected chi connectivity index (χ0v) is 18.0. The van der Waals surface area contributed by atoms with Crippen LogP contribution < -0.4 is 19.5 Å². The van der Waals surface area contributed by atoms with Crippen LogP contribution >= 0.6 is 15.9 Å². The number of rotatable bonds is 8. The third-order valence-electron chi connectivity index (χ3n) is 4.59. The van der Waals surface area contributed by atoms with Crippen molar-refractivity contribution in [2.45, 2.75) is 25.7 Å². The maximum Gasteiger partial charge on any atom is 0.230 e. The highest BCUT2D eigenvalue weighted by molar-refractivity contribution is 9.10. The van der Waals surface area contributed by atoms with Crippen LogP contribution in [-0.4, -0.2) is 33.8 Å². The van der Waals surface area contributed by atoms with E-state index in [2.05, 4.69) is 21.2 Å². The summed E-state index contributed by atoms with van der Waals surface area (Å²) in [6, 6.07) is 11.4. The molecule has 146 valence electrons. The van der Waals surface area contributed by atoms with E-state index in [1.165, 1.54) is 0 Å².